The fourth-order valence-electron chi connectivity index (χ4n) is 2.77. The zero-order valence-corrected chi connectivity index (χ0v) is 11.7. The van der Waals surface area contributed by atoms with Crippen LogP contribution in [0.5, 0.6) is 0 Å². The number of rotatable bonds is 4. The van der Waals surface area contributed by atoms with Crippen LogP contribution in [0.1, 0.15) is 30.4 Å². The lowest BCUT2D eigenvalue weighted by atomic mass is 10.0. The third-order valence-corrected chi connectivity index (χ3v) is 3.91. The summed E-state index contributed by atoms with van der Waals surface area (Å²) in [5, 5.41) is 0. The molecule has 0 radical (unpaired) electrons. The molecule has 0 aromatic carbocycles. The minimum Gasteiger partial charge on any atom is -0.465 e. The summed E-state index contributed by atoms with van der Waals surface area (Å²) in [7, 11) is 4.31. The lowest BCUT2D eigenvalue weighted by molar-refractivity contribution is 0.0889. The number of furan rings is 1. The number of aryl methyl sites for hydroxylation is 1. The average molecular weight is 251 g/mol. The number of hydrogen-bond donors (Lipinski definition) is 1. The SMILES string of the molecule is Cc1ccc(C(CN)N2CCCC(N(C)C)C2)o1. The second kappa shape index (κ2) is 5.87. The predicted molar refractivity (Wildman–Crippen MR) is 73.5 cm³/mol. The summed E-state index contributed by atoms with van der Waals surface area (Å²) in [5.41, 5.74) is 5.95. The van der Waals surface area contributed by atoms with Gasteiger partial charge in [0.25, 0.3) is 0 Å². The van der Waals surface area contributed by atoms with Crippen molar-refractivity contribution in [3.8, 4) is 0 Å². The van der Waals surface area contributed by atoms with E-state index in [-0.39, 0.29) is 6.04 Å². The molecule has 1 aliphatic heterocycles. The number of likely N-dealkylation sites (N-methyl/N-ethyl adjacent to an activating group) is 1. The Morgan fingerprint density at radius 2 is 2.28 bits per heavy atom. The van der Waals surface area contributed by atoms with E-state index in [1.54, 1.807) is 0 Å². The Kier molecular flexibility index (Phi) is 4.43. The van der Waals surface area contributed by atoms with Crippen molar-refractivity contribution in [2.45, 2.75) is 31.8 Å². The van der Waals surface area contributed by atoms with E-state index in [0.29, 0.717) is 12.6 Å². The lowest BCUT2D eigenvalue weighted by Gasteiger charge is -2.39. The van der Waals surface area contributed by atoms with Crippen molar-refractivity contribution in [1.29, 1.82) is 0 Å². The zero-order chi connectivity index (χ0) is 13.1. The highest BCUT2D eigenvalue weighted by Gasteiger charge is 2.28. The topological polar surface area (TPSA) is 45.6 Å². The molecule has 18 heavy (non-hydrogen) atoms. The lowest BCUT2D eigenvalue weighted by Crippen LogP contribution is -2.47. The van der Waals surface area contributed by atoms with E-state index in [1.165, 1.54) is 12.8 Å². The predicted octanol–water partition coefficient (Wildman–Crippen LogP) is 1.61. The third kappa shape index (κ3) is 2.94. The molecule has 1 aromatic heterocycles. The molecule has 4 nitrogen and oxygen atoms in total. The van der Waals surface area contributed by atoms with E-state index < -0.39 is 0 Å². The Hall–Kier alpha value is -0.840. The smallest absolute Gasteiger partial charge is 0.122 e. The van der Waals surface area contributed by atoms with Gasteiger partial charge in [-0.25, -0.2) is 0 Å². The summed E-state index contributed by atoms with van der Waals surface area (Å²) in [5.74, 6) is 1.97. The van der Waals surface area contributed by atoms with Crippen molar-refractivity contribution in [2.24, 2.45) is 5.73 Å². The second-order valence-corrected chi connectivity index (χ2v) is 5.45. The Morgan fingerprint density at radius 3 is 2.83 bits per heavy atom. The molecule has 2 unspecified atom stereocenters. The van der Waals surface area contributed by atoms with Crippen LogP contribution in [0.2, 0.25) is 0 Å². The number of nitrogens with two attached hydrogens (primary N) is 1. The molecule has 0 saturated carbocycles. The Balaban J connectivity index is 2.08. The molecule has 0 bridgehead atoms. The Labute approximate surface area is 110 Å². The normalized spacial score (nSPS) is 23.5. The molecule has 1 fully saturated rings. The van der Waals surface area contributed by atoms with Crippen LogP contribution in [0.3, 0.4) is 0 Å². The number of likely N-dealkylation sites (tertiary alicyclic amines) is 1. The molecule has 2 atom stereocenters. The van der Waals surface area contributed by atoms with Crippen LogP contribution in [0, 0.1) is 6.92 Å². The molecular weight excluding hydrogens is 226 g/mol. The molecule has 0 amide bonds. The summed E-state index contributed by atoms with van der Waals surface area (Å²) < 4.78 is 5.75. The summed E-state index contributed by atoms with van der Waals surface area (Å²) in [4.78, 5) is 4.78. The van der Waals surface area contributed by atoms with Gasteiger partial charge in [-0.15, -0.1) is 0 Å². The van der Waals surface area contributed by atoms with E-state index >= 15 is 0 Å². The van der Waals surface area contributed by atoms with Crippen LogP contribution >= 0.6 is 0 Å². The van der Waals surface area contributed by atoms with Gasteiger partial charge in [-0.3, -0.25) is 4.90 Å². The van der Waals surface area contributed by atoms with E-state index in [9.17, 15) is 0 Å². The van der Waals surface area contributed by atoms with Crippen LogP contribution in [0.15, 0.2) is 16.5 Å². The van der Waals surface area contributed by atoms with E-state index in [2.05, 4.69) is 30.0 Å². The molecule has 102 valence electrons. The molecule has 1 aromatic rings. The minimum atomic E-state index is 0.224. The van der Waals surface area contributed by atoms with Crippen molar-refractivity contribution in [3.05, 3.63) is 23.7 Å². The van der Waals surface area contributed by atoms with Gasteiger partial charge in [0.05, 0.1) is 6.04 Å². The first-order valence-corrected chi connectivity index (χ1v) is 6.78. The van der Waals surface area contributed by atoms with Gasteiger partial charge < -0.3 is 15.1 Å². The van der Waals surface area contributed by atoms with Crippen LogP contribution in [-0.4, -0.2) is 49.6 Å². The first kappa shape index (κ1) is 13.6. The first-order chi connectivity index (χ1) is 8.61. The molecule has 0 spiro atoms. The van der Waals surface area contributed by atoms with Gasteiger partial charge in [-0.05, 0) is 52.5 Å². The maximum atomic E-state index is 5.95. The summed E-state index contributed by atoms with van der Waals surface area (Å²) in [6.45, 7) is 4.80. The monoisotopic (exact) mass is 251 g/mol. The highest BCUT2D eigenvalue weighted by atomic mass is 16.3. The fourth-order valence-corrected chi connectivity index (χ4v) is 2.77. The van der Waals surface area contributed by atoms with Crippen LogP contribution in [-0.2, 0) is 0 Å². The van der Waals surface area contributed by atoms with Gasteiger partial charge in [0.2, 0.25) is 0 Å². The summed E-state index contributed by atoms with van der Waals surface area (Å²) >= 11 is 0. The summed E-state index contributed by atoms with van der Waals surface area (Å²) in [6.07, 6.45) is 2.51. The quantitative estimate of drug-likeness (QED) is 0.883. The van der Waals surface area contributed by atoms with Gasteiger partial charge >= 0.3 is 0 Å². The van der Waals surface area contributed by atoms with E-state index in [4.69, 9.17) is 10.2 Å². The van der Waals surface area contributed by atoms with E-state index in [1.807, 2.05) is 13.0 Å². The third-order valence-electron chi connectivity index (χ3n) is 3.91. The maximum Gasteiger partial charge on any atom is 0.122 e. The molecule has 1 saturated heterocycles. The van der Waals surface area contributed by atoms with E-state index in [0.717, 1.165) is 24.6 Å². The van der Waals surface area contributed by atoms with Crippen LogP contribution in [0.25, 0.3) is 0 Å². The molecule has 2 rings (SSSR count). The van der Waals surface area contributed by atoms with Gasteiger partial charge in [-0.2, -0.15) is 0 Å². The molecular formula is C14H25N3O. The van der Waals surface area contributed by atoms with Gasteiger partial charge in [0.15, 0.2) is 0 Å². The van der Waals surface area contributed by atoms with Crippen LogP contribution in [0.4, 0.5) is 0 Å². The van der Waals surface area contributed by atoms with Crippen molar-refractivity contribution >= 4 is 0 Å². The van der Waals surface area contributed by atoms with Crippen molar-refractivity contribution in [2.75, 3.05) is 33.7 Å². The van der Waals surface area contributed by atoms with Crippen molar-refractivity contribution < 1.29 is 4.42 Å². The Morgan fingerprint density at radius 1 is 1.50 bits per heavy atom. The van der Waals surface area contributed by atoms with Gasteiger partial charge in [0.1, 0.15) is 11.5 Å². The average Bonchev–Trinajstić information content (AvgIpc) is 2.77. The highest BCUT2D eigenvalue weighted by molar-refractivity contribution is 5.11. The second-order valence-electron chi connectivity index (χ2n) is 5.45. The highest BCUT2D eigenvalue weighted by Crippen LogP contribution is 2.26. The largest absolute Gasteiger partial charge is 0.465 e. The molecule has 1 aliphatic rings. The number of nitrogens with zero attached hydrogens (tertiary/aromatic N) is 2. The standard InChI is InChI=1S/C14H25N3O/c1-11-6-7-14(18-11)13(9-15)17-8-4-5-12(10-17)16(2)3/h6-7,12-13H,4-5,8-10,15H2,1-3H3. The first-order valence-electron chi connectivity index (χ1n) is 6.78. The Bertz CT molecular complexity index is 375. The molecule has 0 aliphatic carbocycles. The van der Waals surface area contributed by atoms with Crippen molar-refractivity contribution in [3.63, 3.8) is 0 Å². The fraction of sp³-hybridized carbons (Fsp3) is 0.714. The molecule has 2 N–H and O–H groups in total. The molecule has 2 heterocycles. The molecule has 4 heteroatoms. The van der Waals surface area contributed by atoms with Crippen LogP contribution < -0.4 is 5.73 Å². The maximum absolute atomic E-state index is 5.95. The zero-order valence-electron chi connectivity index (χ0n) is 11.7. The van der Waals surface area contributed by atoms with Crippen molar-refractivity contribution in [1.82, 2.24) is 9.80 Å². The minimum absolute atomic E-state index is 0.224. The van der Waals surface area contributed by atoms with Gasteiger partial charge in [0, 0.05) is 19.1 Å². The van der Waals surface area contributed by atoms with Gasteiger partial charge in [-0.1, -0.05) is 0 Å². The summed E-state index contributed by atoms with van der Waals surface area (Å²) in [6, 6.07) is 4.93. The number of hydrogen-bond acceptors (Lipinski definition) is 4. The number of piperidine rings is 1.